The molecule has 3 aromatic rings. The number of ether oxygens (including phenoxy) is 1. The fraction of sp³-hybridized carbons (Fsp3) is 0.500. The Hall–Kier alpha value is -2.68. The molecule has 1 aliphatic heterocycles. The van der Waals surface area contributed by atoms with E-state index in [4.69, 9.17) is 4.74 Å². The van der Waals surface area contributed by atoms with Crippen molar-refractivity contribution in [2.45, 2.75) is 63.1 Å². The molecule has 1 saturated heterocycles. The van der Waals surface area contributed by atoms with Gasteiger partial charge in [0.1, 0.15) is 5.56 Å². The fourth-order valence-corrected chi connectivity index (χ4v) is 7.22. The minimum Gasteiger partial charge on any atom is -0.494 e. The normalized spacial score (nSPS) is 21.0. The van der Waals surface area contributed by atoms with Crippen molar-refractivity contribution in [1.82, 2.24) is 14.8 Å². The first-order valence-electron chi connectivity index (χ1n) is 13.0. The van der Waals surface area contributed by atoms with E-state index in [1.54, 1.807) is 13.2 Å². The van der Waals surface area contributed by atoms with Crippen LogP contribution in [0, 0.1) is 0 Å². The number of carbonyl (C=O) groups is 1. The Balaban J connectivity index is 1.42. The number of benzene rings is 1. The van der Waals surface area contributed by atoms with Crippen LogP contribution in [0.3, 0.4) is 0 Å². The van der Waals surface area contributed by atoms with Crippen molar-refractivity contribution in [3.63, 3.8) is 0 Å². The van der Waals surface area contributed by atoms with E-state index in [2.05, 4.69) is 23.3 Å². The summed E-state index contributed by atoms with van der Waals surface area (Å²) in [6.45, 7) is 2.29. The molecular weight excluding hydrogens is 474 g/mol. The van der Waals surface area contributed by atoms with Gasteiger partial charge in [0.15, 0.2) is 5.75 Å². The molecule has 7 nitrogen and oxygen atoms in total. The second kappa shape index (κ2) is 9.32. The lowest BCUT2D eigenvalue weighted by Gasteiger charge is -2.34. The molecule has 2 N–H and O–H groups in total. The third-order valence-corrected chi connectivity index (χ3v) is 9.30. The molecule has 1 saturated carbocycles. The van der Waals surface area contributed by atoms with E-state index < -0.39 is 11.4 Å². The summed E-state index contributed by atoms with van der Waals surface area (Å²) in [7, 11) is 3.84. The molecular formula is C28H33N3O4S. The second-order valence-electron chi connectivity index (χ2n) is 10.5. The highest BCUT2D eigenvalue weighted by molar-refractivity contribution is 7.15. The van der Waals surface area contributed by atoms with Crippen LogP contribution >= 0.6 is 11.3 Å². The molecule has 1 atom stereocenters. The van der Waals surface area contributed by atoms with Crippen molar-refractivity contribution in [2.24, 2.45) is 0 Å². The molecule has 1 unspecified atom stereocenters. The highest BCUT2D eigenvalue weighted by Gasteiger charge is 2.31. The highest BCUT2D eigenvalue weighted by atomic mass is 32.1. The Morgan fingerprint density at radius 1 is 1.17 bits per heavy atom. The average Bonchev–Trinajstić information content (AvgIpc) is 3.62. The molecule has 2 aliphatic carbocycles. The number of methoxy groups -OCH3 is 1. The lowest BCUT2D eigenvalue weighted by molar-refractivity contribution is 0.0695. The number of fused-ring (bicyclic) bond motifs is 2. The van der Waals surface area contributed by atoms with Crippen molar-refractivity contribution in [3.05, 3.63) is 50.6 Å². The summed E-state index contributed by atoms with van der Waals surface area (Å²) in [4.78, 5) is 29.8. The Morgan fingerprint density at radius 2 is 1.94 bits per heavy atom. The first-order valence-corrected chi connectivity index (χ1v) is 13.8. The van der Waals surface area contributed by atoms with Crippen LogP contribution in [-0.4, -0.2) is 53.8 Å². The van der Waals surface area contributed by atoms with Crippen LogP contribution in [0.2, 0.25) is 0 Å². The van der Waals surface area contributed by atoms with Crippen LogP contribution in [0.1, 0.15) is 71.4 Å². The number of rotatable bonds is 6. The van der Waals surface area contributed by atoms with Gasteiger partial charge in [-0.05, 0) is 88.8 Å². The number of likely N-dealkylation sites (tertiary alicyclic amines) is 1. The molecule has 1 aromatic carbocycles. The van der Waals surface area contributed by atoms with Crippen LogP contribution in [0.4, 0.5) is 0 Å². The number of nitrogens with one attached hydrogen (secondary N) is 1. The van der Waals surface area contributed by atoms with Gasteiger partial charge in [0.05, 0.1) is 18.0 Å². The number of hydrogen-bond donors (Lipinski definition) is 2. The molecule has 0 amide bonds. The summed E-state index contributed by atoms with van der Waals surface area (Å²) in [5.74, 6) is -0.528. The zero-order valence-electron chi connectivity index (χ0n) is 20.9. The van der Waals surface area contributed by atoms with Gasteiger partial charge in [0.2, 0.25) is 5.43 Å². The summed E-state index contributed by atoms with van der Waals surface area (Å²) in [6, 6.07) is 7.18. The van der Waals surface area contributed by atoms with E-state index in [-0.39, 0.29) is 11.6 Å². The number of pyridine rings is 1. The Kier molecular flexibility index (Phi) is 6.14. The number of hydrogen-bond acceptors (Lipinski definition) is 6. The number of piperidine rings is 1. The molecule has 8 heteroatoms. The van der Waals surface area contributed by atoms with Crippen molar-refractivity contribution in [3.8, 4) is 16.2 Å². The molecule has 0 spiro atoms. The Labute approximate surface area is 214 Å². The van der Waals surface area contributed by atoms with Crippen molar-refractivity contribution in [1.29, 1.82) is 0 Å². The van der Waals surface area contributed by atoms with Gasteiger partial charge in [0.25, 0.3) is 0 Å². The largest absolute Gasteiger partial charge is 0.494 e. The van der Waals surface area contributed by atoms with E-state index in [1.807, 2.05) is 22.0 Å². The number of thiophene rings is 1. The number of nitrogens with zero attached hydrogens (tertiary/aromatic N) is 2. The number of aromatic carboxylic acids is 1. The molecule has 2 aromatic heterocycles. The number of aryl methyl sites for hydroxylation is 1. The molecule has 3 heterocycles. The monoisotopic (exact) mass is 507 g/mol. The van der Waals surface area contributed by atoms with Crippen LogP contribution in [0.15, 0.2) is 29.2 Å². The van der Waals surface area contributed by atoms with Crippen molar-refractivity contribution >= 4 is 28.2 Å². The van der Waals surface area contributed by atoms with E-state index in [0.29, 0.717) is 28.7 Å². The summed E-state index contributed by atoms with van der Waals surface area (Å²) < 4.78 is 7.92. The van der Waals surface area contributed by atoms with Crippen molar-refractivity contribution in [2.75, 3.05) is 27.2 Å². The van der Waals surface area contributed by atoms with Crippen LogP contribution in [0.5, 0.6) is 5.75 Å². The Bertz CT molecular complexity index is 1380. The predicted octanol–water partition coefficient (Wildman–Crippen LogP) is 4.83. The lowest BCUT2D eigenvalue weighted by Crippen LogP contribution is -2.42. The zero-order valence-corrected chi connectivity index (χ0v) is 21.7. The summed E-state index contributed by atoms with van der Waals surface area (Å²) in [6.07, 6.45) is 9.27. The first kappa shape index (κ1) is 23.7. The average molecular weight is 508 g/mol. The Morgan fingerprint density at radius 3 is 2.64 bits per heavy atom. The summed E-state index contributed by atoms with van der Waals surface area (Å²) in [5, 5.41) is 14.0. The van der Waals surface area contributed by atoms with Crippen LogP contribution in [-0.2, 0) is 6.42 Å². The molecule has 6 rings (SSSR count). The van der Waals surface area contributed by atoms with Gasteiger partial charge in [-0.1, -0.05) is 0 Å². The second-order valence-corrected chi connectivity index (χ2v) is 11.7. The highest BCUT2D eigenvalue weighted by Crippen LogP contribution is 2.46. The maximum absolute atomic E-state index is 13.0. The van der Waals surface area contributed by atoms with Gasteiger partial charge in [-0.3, -0.25) is 4.79 Å². The third kappa shape index (κ3) is 4.15. The number of carboxylic acids is 1. The van der Waals surface area contributed by atoms with Crippen LogP contribution in [0.25, 0.3) is 21.3 Å². The van der Waals surface area contributed by atoms with E-state index in [1.165, 1.54) is 35.9 Å². The molecule has 36 heavy (non-hydrogen) atoms. The van der Waals surface area contributed by atoms with Crippen molar-refractivity contribution < 1.29 is 14.6 Å². The fourth-order valence-electron chi connectivity index (χ4n) is 5.93. The van der Waals surface area contributed by atoms with Gasteiger partial charge in [-0.2, -0.15) is 0 Å². The van der Waals surface area contributed by atoms with E-state index >= 15 is 0 Å². The summed E-state index contributed by atoms with van der Waals surface area (Å²) in [5.41, 5.74) is 2.45. The van der Waals surface area contributed by atoms with Crippen LogP contribution < -0.4 is 15.5 Å². The van der Waals surface area contributed by atoms with E-state index in [0.717, 1.165) is 49.2 Å². The van der Waals surface area contributed by atoms with Gasteiger partial charge in [-0.15, -0.1) is 11.3 Å². The van der Waals surface area contributed by atoms with Gasteiger partial charge in [0, 0.05) is 39.6 Å². The topological polar surface area (TPSA) is 83.8 Å². The maximum Gasteiger partial charge on any atom is 0.341 e. The lowest BCUT2D eigenvalue weighted by atomic mass is 9.91. The van der Waals surface area contributed by atoms with Gasteiger partial charge < -0.3 is 24.6 Å². The number of aromatic nitrogens is 1. The quantitative estimate of drug-likeness (QED) is 0.497. The minimum atomic E-state index is -1.19. The molecule has 0 radical (unpaired) electrons. The smallest absolute Gasteiger partial charge is 0.341 e. The molecule has 0 bridgehead atoms. The minimum absolute atomic E-state index is 0.182. The molecule has 3 aliphatic rings. The third-order valence-electron chi connectivity index (χ3n) is 8.06. The zero-order chi connectivity index (χ0) is 25.0. The first-order chi connectivity index (χ1) is 17.4. The number of carboxylic acid groups (broad SMARTS) is 1. The van der Waals surface area contributed by atoms with Gasteiger partial charge in [-0.25, -0.2) is 4.79 Å². The summed E-state index contributed by atoms with van der Waals surface area (Å²) >= 11 is 1.83. The predicted molar refractivity (Wildman–Crippen MR) is 143 cm³/mol. The molecule has 190 valence electrons. The maximum atomic E-state index is 13.0. The van der Waals surface area contributed by atoms with E-state index in [9.17, 15) is 14.7 Å². The SMILES string of the molecule is COc1c(-c2cc3c(s2)CCCC3NC2CCN(C)CC2)ccc2c(=O)c(C(=O)O)cn(C3CC3)c12. The van der Waals surface area contributed by atoms with Gasteiger partial charge >= 0.3 is 5.97 Å². The standard InChI is InChI=1S/C28H33N3O4S/c1-30-12-10-16(11-13-30)29-22-4-3-5-23-20(22)14-24(36-23)18-8-9-19-25(27(18)35-2)31(17-6-7-17)15-21(26(19)32)28(33)34/h8-9,14-17,22,29H,3-7,10-13H2,1-2H3,(H,33,34). The molecule has 2 fully saturated rings.